The molecular formula is C8H12NO+. The summed E-state index contributed by atoms with van der Waals surface area (Å²) in [4.78, 5) is 0. The molecule has 54 valence electrons. The quantitative estimate of drug-likeness (QED) is 0.597. The van der Waals surface area contributed by atoms with Crippen molar-refractivity contribution in [3.8, 4) is 5.75 Å². The topological polar surface area (TPSA) is 36.8 Å². The van der Waals surface area contributed by atoms with E-state index in [0.717, 1.165) is 12.1 Å². The minimum atomic E-state index is 0.347. The number of nitrogens with two attached hydrogens (primary N) is 1. The molecule has 0 bridgehead atoms. The Morgan fingerprint density at radius 2 is 2.30 bits per heavy atom. The Hall–Kier alpha value is -1.02. The van der Waals surface area contributed by atoms with Crippen LogP contribution < -0.4 is 5.32 Å². The molecular weight excluding hydrogens is 126 g/mol. The Labute approximate surface area is 60.5 Å². The van der Waals surface area contributed by atoms with Gasteiger partial charge in [-0.3, -0.25) is 0 Å². The number of aromatic hydroxyl groups is 1. The predicted octanol–water partition coefficient (Wildman–Crippen LogP) is 0.0854. The van der Waals surface area contributed by atoms with Crippen molar-refractivity contribution in [3.63, 3.8) is 0 Å². The van der Waals surface area contributed by atoms with Gasteiger partial charge in [0.15, 0.2) is 0 Å². The second-order valence-corrected chi connectivity index (χ2v) is 2.28. The predicted molar refractivity (Wildman–Crippen MR) is 39.7 cm³/mol. The molecule has 0 saturated heterocycles. The second kappa shape index (κ2) is 3.22. The third kappa shape index (κ3) is 1.74. The molecule has 0 heterocycles. The highest BCUT2D eigenvalue weighted by atomic mass is 16.3. The van der Waals surface area contributed by atoms with E-state index in [0.29, 0.717) is 5.75 Å². The number of quaternary nitrogens is 1. The van der Waals surface area contributed by atoms with Gasteiger partial charge >= 0.3 is 0 Å². The van der Waals surface area contributed by atoms with Gasteiger partial charge in [0.2, 0.25) is 0 Å². The van der Waals surface area contributed by atoms with Crippen molar-refractivity contribution in [3.05, 3.63) is 29.8 Å². The summed E-state index contributed by atoms with van der Waals surface area (Å²) in [5.74, 6) is 0.347. The van der Waals surface area contributed by atoms with E-state index < -0.39 is 0 Å². The van der Waals surface area contributed by atoms with Crippen molar-refractivity contribution in [2.45, 2.75) is 6.54 Å². The number of rotatable bonds is 2. The molecule has 0 atom stereocenters. The van der Waals surface area contributed by atoms with Crippen LogP contribution in [0.4, 0.5) is 0 Å². The summed E-state index contributed by atoms with van der Waals surface area (Å²) in [6.07, 6.45) is 0. The van der Waals surface area contributed by atoms with Gasteiger partial charge in [-0.25, -0.2) is 0 Å². The van der Waals surface area contributed by atoms with E-state index in [1.54, 1.807) is 12.1 Å². The number of benzene rings is 1. The molecule has 2 heteroatoms. The Morgan fingerprint density at radius 1 is 1.50 bits per heavy atom. The molecule has 1 aromatic rings. The third-order valence-corrected chi connectivity index (χ3v) is 1.35. The summed E-state index contributed by atoms with van der Waals surface area (Å²) in [6.45, 7) is 0.925. The van der Waals surface area contributed by atoms with Gasteiger partial charge in [-0.2, -0.15) is 0 Å². The van der Waals surface area contributed by atoms with Gasteiger partial charge in [-0.15, -0.1) is 0 Å². The minimum Gasteiger partial charge on any atom is -0.508 e. The van der Waals surface area contributed by atoms with E-state index in [1.807, 2.05) is 19.2 Å². The SMILES string of the molecule is C[NH2+]Cc1cccc(O)c1. The summed E-state index contributed by atoms with van der Waals surface area (Å²) in [5.41, 5.74) is 1.16. The van der Waals surface area contributed by atoms with Crippen LogP contribution in [0.25, 0.3) is 0 Å². The zero-order chi connectivity index (χ0) is 7.40. The zero-order valence-corrected chi connectivity index (χ0v) is 6.04. The van der Waals surface area contributed by atoms with Crippen LogP contribution in [0, 0.1) is 0 Å². The summed E-state index contributed by atoms with van der Waals surface area (Å²) in [5, 5.41) is 11.1. The monoisotopic (exact) mass is 138 g/mol. The molecule has 0 radical (unpaired) electrons. The van der Waals surface area contributed by atoms with Gasteiger partial charge in [0.1, 0.15) is 12.3 Å². The lowest BCUT2D eigenvalue weighted by Crippen LogP contribution is -2.77. The molecule has 0 fully saturated rings. The molecule has 0 aliphatic carbocycles. The minimum absolute atomic E-state index is 0.347. The van der Waals surface area contributed by atoms with Crippen LogP contribution in [-0.2, 0) is 6.54 Å². The lowest BCUT2D eigenvalue weighted by atomic mass is 10.2. The number of hydrogen-bond acceptors (Lipinski definition) is 1. The Bertz CT molecular complexity index is 210. The second-order valence-electron chi connectivity index (χ2n) is 2.28. The number of hydrogen-bond donors (Lipinski definition) is 2. The summed E-state index contributed by atoms with van der Waals surface area (Å²) >= 11 is 0. The zero-order valence-electron chi connectivity index (χ0n) is 6.04. The highest BCUT2D eigenvalue weighted by Crippen LogP contribution is 2.08. The molecule has 0 aliphatic heterocycles. The van der Waals surface area contributed by atoms with Crippen LogP contribution in [0.2, 0.25) is 0 Å². The van der Waals surface area contributed by atoms with Crippen molar-refractivity contribution >= 4 is 0 Å². The van der Waals surface area contributed by atoms with E-state index >= 15 is 0 Å². The van der Waals surface area contributed by atoms with Crippen molar-refractivity contribution in [2.24, 2.45) is 0 Å². The van der Waals surface area contributed by atoms with Crippen molar-refractivity contribution in [2.75, 3.05) is 7.05 Å². The standard InChI is InChI=1S/C8H11NO/c1-9-6-7-3-2-4-8(10)5-7/h2-5,9-10H,6H2,1H3/p+1. The highest BCUT2D eigenvalue weighted by Gasteiger charge is 1.92. The molecule has 1 aromatic carbocycles. The van der Waals surface area contributed by atoms with Crippen molar-refractivity contribution < 1.29 is 10.4 Å². The maximum atomic E-state index is 9.03. The van der Waals surface area contributed by atoms with Crippen LogP contribution in [0.1, 0.15) is 5.56 Å². The normalized spacial score (nSPS) is 9.70. The van der Waals surface area contributed by atoms with Crippen LogP contribution in [0.15, 0.2) is 24.3 Å². The number of phenolic OH excluding ortho intramolecular Hbond substituents is 1. The molecule has 3 N–H and O–H groups in total. The van der Waals surface area contributed by atoms with Gasteiger partial charge in [0, 0.05) is 5.56 Å². The largest absolute Gasteiger partial charge is 0.508 e. The van der Waals surface area contributed by atoms with Gasteiger partial charge in [0.25, 0.3) is 0 Å². The first-order chi connectivity index (χ1) is 4.83. The fourth-order valence-electron chi connectivity index (χ4n) is 0.919. The fourth-order valence-corrected chi connectivity index (χ4v) is 0.919. The van der Waals surface area contributed by atoms with Gasteiger partial charge in [-0.05, 0) is 12.1 Å². The van der Waals surface area contributed by atoms with E-state index in [2.05, 4.69) is 5.32 Å². The molecule has 0 unspecified atom stereocenters. The summed E-state index contributed by atoms with van der Waals surface area (Å²) in [6, 6.07) is 7.31. The van der Waals surface area contributed by atoms with Crippen molar-refractivity contribution in [1.29, 1.82) is 0 Å². The lowest BCUT2D eigenvalue weighted by molar-refractivity contribution is -0.643. The van der Waals surface area contributed by atoms with E-state index in [9.17, 15) is 0 Å². The van der Waals surface area contributed by atoms with Gasteiger partial charge < -0.3 is 10.4 Å². The fraction of sp³-hybridized carbons (Fsp3) is 0.250. The Balaban J connectivity index is 2.75. The van der Waals surface area contributed by atoms with E-state index in [1.165, 1.54) is 0 Å². The first-order valence-electron chi connectivity index (χ1n) is 3.38. The smallest absolute Gasteiger partial charge is 0.116 e. The maximum absolute atomic E-state index is 9.03. The van der Waals surface area contributed by atoms with Crippen molar-refractivity contribution in [1.82, 2.24) is 0 Å². The Kier molecular flexibility index (Phi) is 2.29. The first kappa shape index (κ1) is 7.09. The van der Waals surface area contributed by atoms with Gasteiger partial charge in [-0.1, -0.05) is 12.1 Å². The molecule has 0 amide bonds. The van der Waals surface area contributed by atoms with Gasteiger partial charge in [0.05, 0.1) is 7.05 Å². The molecule has 0 aliphatic rings. The molecule has 10 heavy (non-hydrogen) atoms. The number of phenols is 1. The first-order valence-corrected chi connectivity index (χ1v) is 3.38. The van der Waals surface area contributed by atoms with Crippen LogP contribution in [0.3, 0.4) is 0 Å². The summed E-state index contributed by atoms with van der Waals surface area (Å²) < 4.78 is 0. The van der Waals surface area contributed by atoms with Crippen LogP contribution >= 0.6 is 0 Å². The average molecular weight is 138 g/mol. The third-order valence-electron chi connectivity index (χ3n) is 1.35. The van der Waals surface area contributed by atoms with Crippen LogP contribution in [-0.4, -0.2) is 12.2 Å². The van der Waals surface area contributed by atoms with E-state index in [-0.39, 0.29) is 0 Å². The Morgan fingerprint density at radius 3 is 2.90 bits per heavy atom. The molecule has 2 nitrogen and oxygen atoms in total. The molecule has 0 aromatic heterocycles. The highest BCUT2D eigenvalue weighted by molar-refractivity contribution is 5.26. The molecule has 1 rings (SSSR count). The lowest BCUT2D eigenvalue weighted by Gasteiger charge is -1.96. The van der Waals surface area contributed by atoms with E-state index in [4.69, 9.17) is 5.11 Å². The average Bonchev–Trinajstić information content (AvgIpc) is 1.88. The maximum Gasteiger partial charge on any atom is 0.116 e. The molecule has 0 saturated carbocycles. The summed E-state index contributed by atoms with van der Waals surface area (Å²) in [7, 11) is 2.00. The van der Waals surface area contributed by atoms with Crippen LogP contribution in [0.5, 0.6) is 5.75 Å². The molecule has 0 spiro atoms.